The van der Waals surface area contributed by atoms with E-state index >= 15 is 0 Å². The van der Waals surface area contributed by atoms with Gasteiger partial charge in [0, 0.05) is 29.5 Å². The van der Waals surface area contributed by atoms with Crippen molar-refractivity contribution in [3.05, 3.63) is 11.1 Å². The van der Waals surface area contributed by atoms with Crippen LogP contribution in [0.4, 0.5) is 5.13 Å². The third-order valence-electron chi connectivity index (χ3n) is 6.15. The Morgan fingerprint density at radius 2 is 2.13 bits per heavy atom. The molecular formula is C23H31N5O8S3. The molecular weight excluding hydrogens is 570 g/mol. The van der Waals surface area contributed by atoms with E-state index in [9.17, 15) is 19.2 Å². The van der Waals surface area contributed by atoms with Crippen molar-refractivity contribution in [3.8, 4) is 0 Å². The van der Waals surface area contributed by atoms with Gasteiger partial charge in [0.1, 0.15) is 29.0 Å². The first-order chi connectivity index (χ1) is 18.4. The van der Waals surface area contributed by atoms with Gasteiger partial charge in [-0.2, -0.15) is 0 Å². The number of nitrogens with one attached hydrogen (secondary N) is 1. The Morgan fingerprint density at radius 1 is 1.36 bits per heavy atom. The number of thiazole rings is 1. The monoisotopic (exact) mass is 601 g/mol. The number of nitrogens with zero attached hydrogens (tertiary/aromatic N) is 3. The lowest BCUT2D eigenvalue weighted by atomic mass is 9.98. The second kappa shape index (κ2) is 11.9. The Balaban J connectivity index is 1.42. The summed E-state index contributed by atoms with van der Waals surface area (Å²) in [5.41, 5.74) is 5.07. The Kier molecular flexibility index (Phi) is 8.98. The minimum absolute atomic E-state index is 0.0528. The van der Waals surface area contributed by atoms with Crippen LogP contribution in [0, 0.1) is 5.41 Å². The van der Waals surface area contributed by atoms with Crippen molar-refractivity contribution in [2.75, 3.05) is 45.1 Å². The summed E-state index contributed by atoms with van der Waals surface area (Å²) in [5.74, 6) is -1.71. The molecule has 3 saturated heterocycles. The Morgan fingerprint density at radius 3 is 2.74 bits per heavy atom. The summed E-state index contributed by atoms with van der Waals surface area (Å²) in [5, 5.41) is 7.97. The molecule has 3 aliphatic rings. The molecule has 0 aromatic carbocycles. The zero-order valence-electron chi connectivity index (χ0n) is 22.0. The molecule has 16 heteroatoms. The van der Waals surface area contributed by atoms with E-state index in [1.54, 1.807) is 31.1 Å². The van der Waals surface area contributed by atoms with Crippen molar-refractivity contribution in [1.82, 2.24) is 15.2 Å². The SMILES string of the molecule is CON=C(C(=O)NC1C(=O)N2CC(SC3CCOC3)(C(=O)OCOC(=O)C(C)(C)C)CS[C@H]12)c1csc(N)n1. The predicted molar refractivity (Wildman–Crippen MR) is 146 cm³/mol. The first-order valence-corrected chi connectivity index (χ1v) is 14.9. The van der Waals surface area contributed by atoms with Crippen molar-refractivity contribution in [1.29, 1.82) is 0 Å². The highest BCUT2D eigenvalue weighted by Gasteiger charge is 2.59. The zero-order chi connectivity index (χ0) is 28.4. The number of nitrogens with two attached hydrogens (primary N) is 1. The number of hydrogen-bond donors (Lipinski definition) is 2. The molecule has 3 N–H and O–H groups in total. The van der Waals surface area contributed by atoms with E-state index in [0.717, 1.165) is 17.8 Å². The summed E-state index contributed by atoms with van der Waals surface area (Å²) in [7, 11) is 1.30. The number of carbonyl (C=O) groups excluding carboxylic acids is 4. The molecule has 0 spiro atoms. The van der Waals surface area contributed by atoms with Gasteiger partial charge in [0.25, 0.3) is 5.91 Å². The maximum absolute atomic E-state index is 13.4. The zero-order valence-corrected chi connectivity index (χ0v) is 24.4. The van der Waals surface area contributed by atoms with E-state index in [1.165, 1.54) is 30.6 Å². The molecule has 2 amide bonds. The number of esters is 2. The van der Waals surface area contributed by atoms with Crippen LogP contribution in [-0.2, 0) is 38.2 Å². The first kappa shape index (κ1) is 29.4. The second-order valence-corrected chi connectivity index (χ2v) is 13.8. The summed E-state index contributed by atoms with van der Waals surface area (Å²) in [6, 6.07) is -0.817. The van der Waals surface area contributed by atoms with Crippen LogP contribution < -0.4 is 11.1 Å². The van der Waals surface area contributed by atoms with Crippen molar-refractivity contribution in [3.63, 3.8) is 0 Å². The number of hydrogen-bond acceptors (Lipinski definition) is 14. The summed E-state index contributed by atoms with van der Waals surface area (Å²) in [4.78, 5) is 62.0. The molecule has 4 rings (SSSR count). The highest BCUT2D eigenvalue weighted by atomic mass is 32.2. The molecule has 3 aliphatic heterocycles. The number of anilines is 1. The van der Waals surface area contributed by atoms with E-state index in [1.807, 2.05) is 0 Å². The fourth-order valence-electron chi connectivity index (χ4n) is 4.11. The first-order valence-electron chi connectivity index (χ1n) is 12.1. The molecule has 1 aromatic rings. The van der Waals surface area contributed by atoms with Gasteiger partial charge in [-0.05, 0) is 27.2 Å². The average Bonchev–Trinajstić information content (AvgIpc) is 3.56. The number of thioether (sulfide) groups is 2. The average molecular weight is 602 g/mol. The Labute approximate surface area is 237 Å². The van der Waals surface area contributed by atoms with Crippen LogP contribution in [0.2, 0.25) is 0 Å². The lowest BCUT2D eigenvalue weighted by Gasteiger charge is -2.54. The molecule has 0 aliphatic carbocycles. The highest BCUT2D eigenvalue weighted by Crippen LogP contribution is 2.46. The number of fused-ring (bicyclic) bond motifs is 1. The number of aromatic nitrogens is 1. The summed E-state index contributed by atoms with van der Waals surface area (Å²) in [6.07, 6.45) is 0.766. The Bertz CT molecular complexity index is 1150. The third-order valence-corrected chi connectivity index (χ3v) is 10.1. The standard InChI is InChI=1S/C23H31N5O8S3/c1-22(2,3)19(31)35-11-36-20(32)23(39-12-5-6-34-7-12)9-28-17(30)15(18(28)38-10-23)26-16(29)14(27-33-4)13-8-37-21(24)25-13/h8,12,15,18H,5-7,9-11H2,1-4H3,(H2,24,25)(H,26,29)/t12?,15?,18-,23?/m1/s1. The predicted octanol–water partition coefficient (Wildman–Crippen LogP) is 0.827. The number of oxime groups is 1. The van der Waals surface area contributed by atoms with Crippen LogP contribution >= 0.6 is 34.9 Å². The van der Waals surface area contributed by atoms with Gasteiger partial charge in [0.15, 0.2) is 10.8 Å². The van der Waals surface area contributed by atoms with Crippen molar-refractivity contribution >= 4 is 69.5 Å². The number of rotatable bonds is 9. The smallest absolute Gasteiger partial charge is 0.327 e. The minimum Gasteiger partial charge on any atom is -0.427 e. The van der Waals surface area contributed by atoms with Crippen LogP contribution in [0.25, 0.3) is 0 Å². The largest absolute Gasteiger partial charge is 0.427 e. The van der Waals surface area contributed by atoms with Crippen molar-refractivity contribution < 1.29 is 38.2 Å². The third kappa shape index (κ3) is 6.44. The van der Waals surface area contributed by atoms with Gasteiger partial charge in [-0.1, -0.05) is 5.16 Å². The van der Waals surface area contributed by atoms with E-state index in [4.69, 9.17) is 24.8 Å². The fourth-order valence-corrected chi connectivity index (χ4v) is 7.90. The van der Waals surface area contributed by atoms with Gasteiger partial charge < -0.3 is 35.0 Å². The fraction of sp³-hybridized carbons (Fsp3) is 0.652. The lowest BCUT2D eigenvalue weighted by Crippen LogP contribution is -2.75. The van der Waals surface area contributed by atoms with Gasteiger partial charge in [0.2, 0.25) is 12.7 Å². The maximum Gasteiger partial charge on any atom is 0.327 e. The van der Waals surface area contributed by atoms with Gasteiger partial charge in [-0.15, -0.1) is 34.9 Å². The quantitative estimate of drug-likeness (QED) is 0.134. The molecule has 0 saturated carbocycles. The van der Waals surface area contributed by atoms with Crippen LogP contribution in [0.3, 0.4) is 0 Å². The van der Waals surface area contributed by atoms with E-state index in [0.29, 0.717) is 19.0 Å². The van der Waals surface area contributed by atoms with Gasteiger partial charge in [-0.3, -0.25) is 19.2 Å². The lowest BCUT2D eigenvalue weighted by molar-refractivity contribution is -0.175. The molecule has 3 unspecified atom stereocenters. The molecule has 0 radical (unpaired) electrons. The van der Waals surface area contributed by atoms with Gasteiger partial charge >= 0.3 is 11.9 Å². The molecule has 39 heavy (non-hydrogen) atoms. The summed E-state index contributed by atoms with van der Waals surface area (Å²) < 4.78 is 14.9. The molecule has 0 bridgehead atoms. The maximum atomic E-state index is 13.4. The van der Waals surface area contributed by atoms with Crippen molar-refractivity contribution in [2.24, 2.45) is 10.6 Å². The minimum atomic E-state index is -1.08. The topological polar surface area (TPSA) is 172 Å². The number of carbonyl (C=O) groups is 4. The van der Waals surface area contributed by atoms with Crippen LogP contribution in [0.15, 0.2) is 10.5 Å². The molecule has 13 nitrogen and oxygen atoms in total. The molecule has 4 heterocycles. The molecule has 214 valence electrons. The van der Waals surface area contributed by atoms with Crippen LogP contribution in [0.1, 0.15) is 32.9 Å². The second-order valence-electron chi connectivity index (χ2n) is 10.1. The molecule has 1 aromatic heterocycles. The van der Waals surface area contributed by atoms with E-state index < -0.39 is 40.8 Å². The van der Waals surface area contributed by atoms with Crippen molar-refractivity contribution in [2.45, 2.75) is 48.6 Å². The highest BCUT2D eigenvalue weighted by molar-refractivity contribution is 8.05. The number of ether oxygens (including phenoxy) is 3. The van der Waals surface area contributed by atoms with Gasteiger partial charge in [0.05, 0.1) is 12.0 Å². The van der Waals surface area contributed by atoms with Crippen LogP contribution in [-0.4, -0.2) is 100 Å². The number of nitrogen functional groups attached to an aromatic ring is 1. The van der Waals surface area contributed by atoms with Crippen LogP contribution in [0.5, 0.6) is 0 Å². The summed E-state index contributed by atoms with van der Waals surface area (Å²) >= 11 is 3.93. The summed E-state index contributed by atoms with van der Waals surface area (Å²) in [6.45, 7) is 5.76. The van der Waals surface area contributed by atoms with E-state index in [-0.39, 0.29) is 39.6 Å². The number of amides is 2. The normalized spacial score (nSPS) is 26.9. The van der Waals surface area contributed by atoms with Gasteiger partial charge in [-0.25, -0.2) is 4.98 Å². The van der Waals surface area contributed by atoms with E-state index in [2.05, 4.69) is 15.5 Å². The molecule has 4 atom stereocenters. The number of β-lactam (4-membered cyclic amide) rings is 1. The Hall–Kier alpha value is -2.56. The molecule has 3 fully saturated rings.